The summed E-state index contributed by atoms with van der Waals surface area (Å²) in [7, 11) is -3.46. The zero-order valence-corrected chi connectivity index (χ0v) is 17.8. The van der Waals surface area contributed by atoms with Crippen molar-refractivity contribution in [2.24, 2.45) is 0 Å². The van der Waals surface area contributed by atoms with Gasteiger partial charge in [0, 0.05) is 45.3 Å². The lowest BCUT2D eigenvalue weighted by Gasteiger charge is -2.35. The van der Waals surface area contributed by atoms with E-state index in [2.05, 4.69) is 19.8 Å². The van der Waals surface area contributed by atoms with E-state index in [1.807, 2.05) is 13.0 Å². The van der Waals surface area contributed by atoms with Crippen LogP contribution >= 0.6 is 0 Å². The zero-order valence-electron chi connectivity index (χ0n) is 17.0. The minimum absolute atomic E-state index is 0.124. The highest BCUT2D eigenvalue weighted by atomic mass is 32.2. The zero-order chi connectivity index (χ0) is 21.1. The van der Waals surface area contributed by atoms with Gasteiger partial charge in [-0.25, -0.2) is 22.8 Å². The normalized spacial score (nSPS) is 18.6. The van der Waals surface area contributed by atoms with Crippen molar-refractivity contribution in [3.05, 3.63) is 47.5 Å². The second-order valence-corrected chi connectivity index (χ2v) is 9.47. The van der Waals surface area contributed by atoms with Crippen LogP contribution in [0.1, 0.15) is 11.4 Å². The number of rotatable bonds is 5. The van der Waals surface area contributed by atoms with Gasteiger partial charge in [0.2, 0.25) is 10.0 Å². The lowest BCUT2D eigenvalue weighted by atomic mass is 10.2. The molecule has 1 aromatic heterocycles. The fourth-order valence-electron chi connectivity index (χ4n) is 3.73. The van der Waals surface area contributed by atoms with Crippen LogP contribution in [0.4, 0.5) is 16.0 Å². The molecular formula is C20H26FN5O3S. The van der Waals surface area contributed by atoms with E-state index >= 15 is 0 Å². The summed E-state index contributed by atoms with van der Waals surface area (Å²) in [5, 5.41) is 0. The van der Waals surface area contributed by atoms with Crippen LogP contribution in [0, 0.1) is 12.7 Å². The fraction of sp³-hybridized carbons (Fsp3) is 0.500. The molecule has 8 nitrogen and oxygen atoms in total. The maximum absolute atomic E-state index is 13.1. The van der Waals surface area contributed by atoms with Gasteiger partial charge in [-0.2, -0.15) is 4.31 Å². The fourth-order valence-corrected chi connectivity index (χ4v) is 5.25. The van der Waals surface area contributed by atoms with E-state index in [9.17, 15) is 12.8 Å². The summed E-state index contributed by atoms with van der Waals surface area (Å²) in [5.41, 5.74) is 0.584. The Balaban J connectivity index is 1.41. The first-order valence-corrected chi connectivity index (χ1v) is 11.7. The topological polar surface area (TPSA) is 78.9 Å². The van der Waals surface area contributed by atoms with Gasteiger partial charge in [0.1, 0.15) is 23.3 Å². The van der Waals surface area contributed by atoms with E-state index in [-0.39, 0.29) is 11.6 Å². The molecule has 2 saturated heterocycles. The number of nitrogens with zero attached hydrogens (tertiary/aromatic N) is 5. The van der Waals surface area contributed by atoms with Crippen molar-refractivity contribution >= 4 is 21.7 Å². The van der Waals surface area contributed by atoms with Crippen LogP contribution < -0.4 is 9.80 Å². The molecule has 0 amide bonds. The molecule has 0 atom stereocenters. The summed E-state index contributed by atoms with van der Waals surface area (Å²) < 4.78 is 45.5. The number of ether oxygens (including phenoxy) is 1. The molecule has 1 aromatic carbocycles. The molecule has 0 radical (unpaired) electrons. The van der Waals surface area contributed by atoms with Crippen LogP contribution in [0.3, 0.4) is 0 Å². The van der Waals surface area contributed by atoms with Gasteiger partial charge in [0.25, 0.3) is 0 Å². The van der Waals surface area contributed by atoms with Crippen LogP contribution in [-0.4, -0.2) is 75.2 Å². The Bertz CT molecular complexity index is 972. The van der Waals surface area contributed by atoms with E-state index in [1.54, 1.807) is 0 Å². The molecule has 162 valence electrons. The monoisotopic (exact) mass is 435 g/mol. The van der Waals surface area contributed by atoms with Crippen molar-refractivity contribution in [2.75, 3.05) is 62.3 Å². The van der Waals surface area contributed by atoms with Crippen molar-refractivity contribution in [2.45, 2.75) is 12.7 Å². The Morgan fingerprint density at radius 3 is 2.10 bits per heavy atom. The molecule has 0 bridgehead atoms. The molecule has 0 unspecified atom stereocenters. The molecule has 2 aliphatic rings. The first-order chi connectivity index (χ1) is 14.4. The van der Waals surface area contributed by atoms with Gasteiger partial charge in [-0.15, -0.1) is 0 Å². The Labute approximate surface area is 176 Å². The molecule has 30 heavy (non-hydrogen) atoms. The van der Waals surface area contributed by atoms with Gasteiger partial charge in [-0.05, 0) is 24.6 Å². The number of sulfonamides is 1. The number of aryl methyl sites for hydroxylation is 1. The minimum Gasteiger partial charge on any atom is -0.378 e. The summed E-state index contributed by atoms with van der Waals surface area (Å²) in [6.07, 6.45) is 0. The van der Waals surface area contributed by atoms with Gasteiger partial charge in [-0.3, -0.25) is 0 Å². The second kappa shape index (κ2) is 8.83. The van der Waals surface area contributed by atoms with Crippen molar-refractivity contribution in [3.8, 4) is 0 Å². The average Bonchev–Trinajstić information content (AvgIpc) is 2.75. The highest BCUT2D eigenvalue weighted by molar-refractivity contribution is 7.88. The Kier molecular flexibility index (Phi) is 6.16. The number of morpholine rings is 1. The summed E-state index contributed by atoms with van der Waals surface area (Å²) in [4.78, 5) is 13.4. The van der Waals surface area contributed by atoms with Crippen LogP contribution in [-0.2, 0) is 20.5 Å². The van der Waals surface area contributed by atoms with E-state index in [0.29, 0.717) is 50.8 Å². The maximum Gasteiger partial charge on any atom is 0.218 e. The number of aromatic nitrogens is 2. The molecule has 2 aromatic rings. The van der Waals surface area contributed by atoms with Gasteiger partial charge >= 0.3 is 0 Å². The SMILES string of the molecule is Cc1nc(N2CCOCC2)cc(N2CCN(S(=O)(=O)Cc3ccc(F)cc3)CC2)n1. The largest absolute Gasteiger partial charge is 0.378 e. The molecule has 0 aliphatic carbocycles. The molecule has 2 aliphatic heterocycles. The highest BCUT2D eigenvalue weighted by Crippen LogP contribution is 2.22. The van der Waals surface area contributed by atoms with E-state index in [0.717, 1.165) is 24.7 Å². The number of hydrogen-bond donors (Lipinski definition) is 0. The van der Waals surface area contributed by atoms with E-state index in [1.165, 1.54) is 28.6 Å². The highest BCUT2D eigenvalue weighted by Gasteiger charge is 2.28. The van der Waals surface area contributed by atoms with E-state index in [4.69, 9.17) is 4.74 Å². The van der Waals surface area contributed by atoms with Gasteiger partial charge < -0.3 is 14.5 Å². The number of benzene rings is 1. The molecule has 3 heterocycles. The molecular weight excluding hydrogens is 409 g/mol. The third-order valence-corrected chi connectivity index (χ3v) is 7.21. The maximum atomic E-state index is 13.1. The van der Waals surface area contributed by atoms with Crippen molar-refractivity contribution in [1.29, 1.82) is 0 Å². The first-order valence-electron chi connectivity index (χ1n) is 10.1. The number of halogens is 1. The lowest BCUT2D eigenvalue weighted by Crippen LogP contribution is -2.49. The standard InChI is InChI=1S/C20H26FN5O3S/c1-16-22-19(14-20(23-16)25-10-12-29-13-11-25)24-6-8-26(9-7-24)30(27,28)15-17-2-4-18(21)5-3-17/h2-5,14H,6-13,15H2,1H3. The Hall–Kier alpha value is -2.30. The summed E-state index contributed by atoms with van der Waals surface area (Å²) in [6.45, 7) is 6.72. The summed E-state index contributed by atoms with van der Waals surface area (Å²) in [6, 6.07) is 7.57. The number of anilines is 2. The summed E-state index contributed by atoms with van der Waals surface area (Å²) in [5.74, 6) is 1.90. The van der Waals surface area contributed by atoms with Crippen molar-refractivity contribution in [1.82, 2.24) is 14.3 Å². The first kappa shape index (κ1) is 21.0. The Morgan fingerprint density at radius 1 is 0.933 bits per heavy atom. The molecule has 4 rings (SSSR count). The molecule has 0 N–H and O–H groups in total. The van der Waals surface area contributed by atoms with Crippen LogP contribution in [0.2, 0.25) is 0 Å². The number of hydrogen-bond acceptors (Lipinski definition) is 7. The second-order valence-electron chi connectivity index (χ2n) is 7.50. The molecule has 0 spiro atoms. The molecule has 2 fully saturated rings. The number of piperazine rings is 1. The van der Waals surface area contributed by atoms with Crippen LogP contribution in [0.5, 0.6) is 0 Å². The van der Waals surface area contributed by atoms with Gasteiger partial charge in [0.05, 0.1) is 19.0 Å². The molecule has 10 heteroatoms. The third kappa shape index (κ3) is 4.88. The van der Waals surface area contributed by atoms with Crippen LogP contribution in [0.15, 0.2) is 30.3 Å². The van der Waals surface area contributed by atoms with Crippen molar-refractivity contribution in [3.63, 3.8) is 0 Å². The van der Waals surface area contributed by atoms with Gasteiger partial charge in [0.15, 0.2) is 0 Å². The van der Waals surface area contributed by atoms with Gasteiger partial charge in [-0.1, -0.05) is 12.1 Å². The van der Waals surface area contributed by atoms with E-state index < -0.39 is 10.0 Å². The van der Waals surface area contributed by atoms with Crippen LogP contribution in [0.25, 0.3) is 0 Å². The lowest BCUT2D eigenvalue weighted by molar-refractivity contribution is 0.122. The Morgan fingerprint density at radius 2 is 1.50 bits per heavy atom. The smallest absolute Gasteiger partial charge is 0.218 e. The average molecular weight is 436 g/mol. The molecule has 0 saturated carbocycles. The third-order valence-electron chi connectivity index (χ3n) is 5.36. The quantitative estimate of drug-likeness (QED) is 0.703. The predicted molar refractivity (Wildman–Crippen MR) is 113 cm³/mol. The predicted octanol–water partition coefficient (Wildman–Crippen LogP) is 1.41. The summed E-state index contributed by atoms with van der Waals surface area (Å²) >= 11 is 0. The minimum atomic E-state index is -3.46. The van der Waals surface area contributed by atoms with Crippen molar-refractivity contribution < 1.29 is 17.5 Å².